The Morgan fingerprint density at radius 1 is 1.21 bits per heavy atom. The Balaban J connectivity index is 2.47. The van der Waals surface area contributed by atoms with Gasteiger partial charge >= 0.3 is 6.18 Å². The van der Waals surface area contributed by atoms with Gasteiger partial charge in [-0.25, -0.2) is 0 Å². The van der Waals surface area contributed by atoms with Gasteiger partial charge in [0.05, 0.1) is 12.0 Å². The number of carbonyl (C=O) groups excluding carboxylic acids is 1. The quantitative estimate of drug-likeness (QED) is 0.824. The highest BCUT2D eigenvalue weighted by Gasteiger charge is 2.53. The average Bonchev–Trinajstić information content (AvgIpc) is 2.51. The Morgan fingerprint density at radius 3 is 2.26 bits per heavy atom. The monoisotopic (exact) mass is 274 g/mol. The van der Waals surface area contributed by atoms with E-state index in [1.807, 2.05) is 0 Å². The number of aliphatic hydroxyl groups excluding tert-OH is 2. The van der Waals surface area contributed by atoms with Crippen LogP contribution in [0.25, 0.3) is 0 Å². The third-order valence-electron chi connectivity index (χ3n) is 3.57. The van der Waals surface area contributed by atoms with E-state index >= 15 is 0 Å². The number of aryl methyl sites for hydroxylation is 2. The minimum absolute atomic E-state index is 0.0592. The first kappa shape index (κ1) is 14.0. The molecule has 0 amide bonds. The van der Waals surface area contributed by atoms with E-state index in [1.54, 1.807) is 13.8 Å². The lowest BCUT2D eigenvalue weighted by molar-refractivity contribution is -0.221. The van der Waals surface area contributed by atoms with Crippen molar-refractivity contribution in [3.8, 4) is 0 Å². The van der Waals surface area contributed by atoms with Crippen LogP contribution in [0.3, 0.4) is 0 Å². The lowest BCUT2D eigenvalue weighted by atomic mass is 9.95. The summed E-state index contributed by atoms with van der Waals surface area (Å²) in [5.41, 5.74) is 1.74. The Hall–Kier alpha value is -1.40. The van der Waals surface area contributed by atoms with Crippen LogP contribution >= 0.6 is 0 Å². The first-order valence-electron chi connectivity index (χ1n) is 5.72. The fourth-order valence-corrected chi connectivity index (χ4v) is 2.33. The molecule has 1 aliphatic carbocycles. The van der Waals surface area contributed by atoms with E-state index in [0.717, 1.165) is 11.1 Å². The fraction of sp³-hybridized carbons (Fsp3) is 0.462. The molecule has 1 aliphatic rings. The predicted molar refractivity (Wildman–Crippen MR) is 60.8 cm³/mol. The minimum atomic E-state index is -4.94. The van der Waals surface area contributed by atoms with E-state index in [2.05, 4.69) is 0 Å². The van der Waals surface area contributed by atoms with Crippen molar-refractivity contribution in [2.45, 2.75) is 32.2 Å². The largest absolute Gasteiger partial charge is 0.415 e. The molecule has 0 radical (unpaired) electrons. The molecule has 0 spiro atoms. The van der Waals surface area contributed by atoms with Crippen LogP contribution in [0.15, 0.2) is 12.1 Å². The molecule has 6 heteroatoms. The summed E-state index contributed by atoms with van der Waals surface area (Å²) in [6.45, 7) is 3.46. The molecule has 0 aromatic heterocycles. The number of benzene rings is 1. The first-order chi connectivity index (χ1) is 8.64. The number of rotatable bonds is 1. The summed E-state index contributed by atoms with van der Waals surface area (Å²) >= 11 is 0. The average molecular weight is 274 g/mol. The van der Waals surface area contributed by atoms with Crippen LogP contribution in [0.2, 0.25) is 0 Å². The molecule has 0 heterocycles. The van der Waals surface area contributed by atoms with Crippen LogP contribution < -0.4 is 0 Å². The SMILES string of the molecule is Cc1cc2c(cc1C)C(O)C(C(O)C(F)(F)F)C2=O. The molecular formula is C13H13F3O3. The van der Waals surface area contributed by atoms with Crippen LogP contribution in [0.5, 0.6) is 0 Å². The molecule has 2 rings (SSSR count). The van der Waals surface area contributed by atoms with Gasteiger partial charge in [0.2, 0.25) is 0 Å². The van der Waals surface area contributed by atoms with Crippen LogP contribution in [-0.2, 0) is 0 Å². The van der Waals surface area contributed by atoms with Gasteiger partial charge < -0.3 is 10.2 Å². The molecule has 2 N–H and O–H groups in total. The normalized spacial score (nSPS) is 24.5. The predicted octanol–water partition coefficient (Wildman–Crippen LogP) is 2.07. The summed E-state index contributed by atoms with van der Waals surface area (Å²) in [6, 6.07) is 2.95. The Bertz CT molecular complexity index is 537. The molecule has 3 nitrogen and oxygen atoms in total. The van der Waals surface area contributed by atoms with Gasteiger partial charge in [0.25, 0.3) is 0 Å². The summed E-state index contributed by atoms with van der Waals surface area (Å²) in [5.74, 6) is -2.74. The van der Waals surface area contributed by atoms with Crippen LogP contribution in [-0.4, -0.2) is 28.3 Å². The van der Waals surface area contributed by atoms with Crippen molar-refractivity contribution in [3.63, 3.8) is 0 Å². The van der Waals surface area contributed by atoms with Crippen LogP contribution in [0, 0.1) is 19.8 Å². The molecule has 1 aromatic carbocycles. The van der Waals surface area contributed by atoms with E-state index in [4.69, 9.17) is 0 Å². The number of ketones is 1. The number of Topliss-reactive ketones (excluding diaryl/α,β-unsaturated/α-hetero) is 1. The third kappa shape index (κ3) is 2.15. The van der Waals surface area contributed by atoms with Gasteiger partial charge in [0.1, 0.15) is 0 Å². The van der Waals surface area contributed by atoms with Gasteiger partial charge in [-0.05, 0) is 36.6 Å². The topological polar surface area (TPSA) is 57.5 Å². The van der Waals surface area contributed by atoms with E-state index in [-0.39, 0.29) is 11.1 Å². The molecule has 3 unspecified atom stereocenters. The number of alkyl halides is 3. The van der Waals surface area contributed by atoms with Gasteiger partial charge in [0.15, 0.2) is 11.9 Å². The number of fused-ring (bicyclic) bond motifs is 1. The van der Waals surface area contributed by atoms with Gasteiger partial charge in [-0.3, -0.25) is 4.79 Å². The van der Waals surface area contributed by atoms with Gasteiger partial charge in [-0.15, -0.1) is 0 Å². The molecule has 0 bridgehead atoms. The first-order valence-corrected chi connectivity index (χ1v) is 5.72. The Morgan fingerprint density at radius 2 is 1.74 bits per heavy atom. The lowest BCUT2D eigenvalue weighted by Gasteiger charge is -2.22. The highest BCUT2D eigenvalue weighted by molar-refractivity contribution is 6.03. The van der Waals surface area contributed by atoms with Gasteiger partial charge in [-0.2, -0.15) is 13.2 Å². The van der Waals surface area contributed by atoms with Crippen molar-refractivity contribution in [3.05, 3.63) is 34.4 Å². The maximum Gasteiger partial charge on any atom is 0.415 e. The Kier molecular flexibility index (Phi) is 3.18. The number of hydrogen-bond acceptors (Lipinski definition) is 3. The summed E-state index contributed by atoms with van der Waals surface area (Å²) in [7, 11) is 0. The van der Waals surface area contributed by atoms with Crippen molar-refractivity contribution >= 4 is 5.78 Å². The molecule has 3 atom stereocenters. The molecular weight excluding hydrogens is 261 g/mol. The highest BCUT2D eigenvalue weighted by Crippen LogP contribution is 2.42. The maximum atomic E-state index is 12.5. The van der Waals surface area contributed by atoms with Crippen LogP contribution in [0.4, 0.5) is 13.2 Å². The number of hydrogen-bond donors (Lipinski definition) is 2. The fourth-order valence-electron chi connectivity index (χ4n) is 2.33. The van der Waals surface area contributed by atoms with E-state index in [9.17, 15) is 28.2 Å². The second kappa shape index (κ2) is 4.31. The molecule has 0 fully saturated rings. The lowest BCUT2D eigenvalue weighted by Crippen LogP contribution is -2.40. The van der Waals surface area contributed by atoms with Crippen molar-refractivity contribution in [2.75, 3.05) is 0 Å². The number of aliphatic hydroxyl groups is 2. The second-order valence-electron chi connectivity index (χ2n) is 4.85. The van der Waals surface area contributed by atoms with E-state index < -0.39 is 30.1 Å². The summed E-state index contributed by atoms with van der Waals surface area (Å²) in [5, 5.41) is 19.1. The second-order valence-corrected chi connectivity index (χ2v) is 4.85. The Labute approximate surface area is 107 Å². The molecule has 1 aromatic rings. The minimum Gasteiger partial charge on any atom is -0.388 e. The number of halogens is 3. The number of carbonyl (C=O) groups is 1. The molecule has 104 valence electrons. The third-order valence-corrected chi connectivity index (χ3v) is 3.57. The van der Waals surface area contributed by atoms with Crippen LogP contribution in [0.1, 0.15) is 33.2 Å². The van der Waals surface area contributed by atoms with E-state index in [1.165, 1.54) is 12.1 Å². The van der Waals surface area contributed by atoms with E-state index in [0.29, 0.717) is 0 Å². The van der Waals surface area contributed by atoms with Crippen molar-refractivity contribution < 1.29 is 28.2 Å². The van der Waals surface area contributed by atoms with Crippen molar-refractivity contribution in [2.24, 2.45) is 5.92 Å². The molecule has 19 heavy (non-hydrogen) atoms. The zero-order valence-electron chi connectivity index (χ0n) is 10.3. The zero-order chi connectivity index (χ0) is 14.5. The standard InChI is InChI=1S/C13H13F3O3/c1-5-3-7-8(4-6(5)2)11(18)9(10(7)17)12(19)13(14,15)16/h3-4,9-10,12,17,19H,1-2H3. The summed E-state index contributed by atoms with van der Waals surface area (Å²) in [4.78, 5) is 11.9. The summed E-state index contributed by atoms with van der Waals surface area (Å²) in [6.07, 6.45) is -9.42. The van der Waals surface area contributed by atoms with Crippen molar-refractivity contribution in [1.82, 2.24) is 0 Å². The smallest absolute Gasteiger partial charge is 0.388 e. The highest BCUT2D eigenvalue weighted by atomic mass is 19.4. The molecule has 0 saturated heterocycles. The molecule has 0 aliphatic heterocycles. The zero-order valence-corrected chi connectivity index (χ0v) is 10.3. The van der Waals surface area contributed by atoms with Gasteiger partial charge in [0, 0.05) is 5.56 Å². The van der Waals surface area contributed by atoms with Gasteiger partial charge in [-0.1, -0.05) is 6.07 Å². The molecule has 0 saturated carbocycles. The van der Waals surface area contributed by atoms with Crippen molar-refractivity contribution in [1.29, 1.82) is 0 Å². The maximum absolute atomic E-state index is 12.5. The summed E-state index contributed by atoms with van der Waals surface area (Å²) < 4.78 is 37.5.